The van der Waals surface area contributed by atoms with Crippen molar-refractivity contribution < 1.29 is 14.5 Å². The minimum absolute atomic E-state index is 0.0251. The van der Waals surface area contributed by atoms with E-state index < -0.39 is 10.9 Å². The lowest BCUT2D eigenvalue weighted by Gasteiger charge is -2.16. The quantitative estimate of drug-likeness (QED) is 0.349. The van der Waals surface area contributed by atoms with Gasteiger partial charge in [-0.05, 0) is 18.5 Å². The molecule has 0 fully saturated rings. The Balaban J connectivity index is 3.21. The normalized spacial score (nSPS) is 10.0. The van der Waals surface area contributed by atoms with Crippen molar-refractivity contribution in [2.24, 2.45) is 0 Å². The average Bonchev–Trinajstić information content (AvgIpc) is 2.26. The van der Waals surface area contributed by atoms with Gasteiger partial charge in [0.05, 0.1) is 12.0 Å². The number of likely N-dealkylation sites (N-methyl/N-ethyl adjacent to an activating group) is 1. The number of esters is 1. The minimum atomic E-state index is -0.616. The maximum absolute atomic E-state index is 11.1. The Labute approximate surface area is 108 Å². The van der Waals surface area contributed by atoms with Gasteiger partial charge in [0.1, 0.15) is 12.2 Å². The number of methoxy groups -OCH3 is 1. The number of anilines is 1. The third-order valence-electron chi connectivity index (χ3n) is 2.15. The first-order valence-electron chi connectivity index (χ1n) is 4.83. The Bertz CT molecular complexity index is 494. The molecule has 0 saturated heterocycles. The number of rotatable bonds is 4. The summed E-state index contributed by atoms with van der Waals surface area (Å²) in [5, 5.41) is 10.8. The van der Waals surface area contributed by atoms with E-state index in [2.05, 4.69) is 14.7 Å². The number of nitrogens with zero attached hydrogens (tertiary/aromatic N) is 4. The summed E-state index contributed by atoms with van der Waals surface area (Å²) in [5.41, 5.74) is -0.155. The van der Waals surface area contributed by atoms with Crippen LogP contribution in [0.5, 0.6) is 0 Å². The average molecular weight is 275 g/mol. The smallest absolute Gasteiger partial charge is 0.332 e. The number of halogens is 1. The predicted octanol–water partition coefficient (Wildman–Crippen LogP) is 0.956. The molecule has 9 heteroatoms. The molecule has 0 N–H and O–H groups in total. The van der Waals surface area contributed by atoms with Crippen molar-refractivity contribution in [3.63, 3.8) is 0 Å². The van der Waals surface area contributed by atoms with Gasteiger partial charge in [-0.3, -0.25) is 14.9 Å². The van der Waals surface area contributed by atoms with Crippen molar-refractivity contribution in [1.82, 2.24) is 9.97 Å². The Morgan fingerprint density at radius 2 is 2.17 bits per heavy atom. The molecular weight excluding hydrogens is 264 g/mol. The van der Waals surface area contributed by atoms with Crippen LogP contribution in [0, 0.1) is 17.0 Å². The third kappa shape index (κ3) is 3.04. The van der Waals surface area contributed by atoms with Crippen molar-refractivity contribution >= 4 is 29.1 Å². The molecule has 0 radical (unpaired) electrons. The summed E-state index contributed by atoms with van der Waals surface area (Å²) < 4.78 is 4.48. The Morgan fingerprint density at radius 3 is 2.67 bits per heavy atom. The van der Waals surface area contributed by atoms with Crippen LogP contribution in [0.2, 0.25) is 5.28 Å². The van der Waals surface area contributed by atoms with Gasteiger partial charge in [-0.2, -0.15) is 4.98 Å². The summed E-state index contributed by atoms with van der Waals surface area (Å²) >= 11 is 5.65. The van der Waals surface area contributed by atoms with Gasteiger partial charge in [-0.15, -0.1) is 0 Å². The van der Waals surface area contributed by atoms with Crippen LogP contribution in [0.4, 0.5) is 11.5 Å². The molecular formula is C9H11ClN4O4. The highest BCUT2D eigenvalue weighted by Crippen LogP contribution is 2.28. The molecule has 0 unspecified atom stereocenters. The SMILES string of the molecule is COC(=O)CN(C)c1nc(Cl)nc(C)c1[N+](=O)[O-]. The van der Waals surface area contributed by atoms with Crippen LogP contribution in [0.1, 0.15) is 5.69 Å². The van der Waals surface area contributed by atoms with Gasteiger partial charge in [-0.1, -0.05) is 0 Å². The van der Waals surface area contributed by atoms with Crippen LogP contribution < -0.4 is 4.90 Å². The lowest BCUT2D eigenvalue weighted by Crippen LogP contribution is -2.28. The maximum Gasteiger partial charge on any atom is 0.332 e. The second-order valence-corrected chi connectivity index (χ2v) is 3.78. The zero-order chi connectivity index (χ0) is 13.9. The van der Waals surface area contributed by atoms with Gasteiger partial charge >= 0.3 is 11.7 Å². The Hall–Kier alpha value is -1.96. The van der Waals surface area contributed by atoms with E-state index in [9.17, 15) is 14.9 Å². The molecule has 0 amide bonds. The van der Waals surface area contributed by atoms with E-state index in [1.54, 1.807) is 0 Å². The van der Waals surface area contributed by atoms with Crippen molar-refractivity contribution in [2.75, 3.05) is 25.6 Å². The highest BCUT2D eigenvalue weighted by Gasteiger charge is 2.25. The van der Waals surface area contributed by atoms with Gasteiger partial charge in [-0.25, -0.2) is 4.98 Å². The van der Waals surface area contributed by atoms with Gasteiger partial charge in [0.2, 0.25) is 11.1 Å². The molecule has 8 nitrogen and oxygen atoms in total. The fraction of sp³-hybridized carbons (Fsp3) is 0.444. The first kappa shape index (κ1) is 14.1. The fourth-order valence-electron chi connectivity index (χ4n) is 1.33. The van der Waals surface area contributed by atoms with Crippen LogP contribution in [-0.2, 0) is 9.53 Å². The Morgan fingerprint density at radius 1 is 1.56 bits per heavy atom. The lowest BCUT2D eigenvalue weighted by atomic mass is 10.3. The molecule has 98 valence electrons. The van der Waals surface area contributed by atoms with Gasteiger partial charge < -0.3 is 9.64 Å². The fourth-order valence-corrected chi connectivity index (χ4v) is 1.54. The molecule has 0 aliphatic heterocycles. The van der Waals surface area contributed by atoms with Crippen molar-refractivity contribution in [3.05, 3.63) is 21.1 Å². The molecule has 0 aromatic carbocycles. The monoisotopic (exact) mass is 274 g/mol. The van der Waals surface area contributed by atoms with E-state index >= 15 is 0 Å². The number of carbonyl (C=O) groups is 1. The first-order chi connectivity index (χ1) is 8.36. The van der Waals surface area contributed by atoms with E-state index in [-0.39, 0.29) is 29.0 Å². The van der Waals surface area contributed by atoms with Gasteiger partial charge in [0.15, 0.2) is 0 Å². The number of hydrogen-bond acceptors (Lipinski definition) is 7. The summed E-state index contributed by atoms with van der Waals surface area (Å²) in [6.45, 7) is 1.27. The highest BCUT2D eigenvalue weighted by molar-refractivity contribution is 6.28. The summed E-state index contributed by atoms with van der Waals surface area (Å²) in [4.78, 5) is 30.2. The van der Waals surface area contributed by atoms with Crippen LogP contribution in [-0.4, -0.2) is 41.6 Å². The number of hydrogen-bond donors (Lipinski definition) is 0. The van der Waals surface area contributed by atoms with E-state index in [0.717, 1.165) is 0 Å². The summed E-state index contributed by atoms with van der Waals surface area (Å²) in [6.07, 6.45) is 0. The summed E-state index contributed by atoms with van der Waals surface area (Å²) in [5.74, 6) is -0.568. The van der Waals surface area contributed by atoms with Crippen LogP contribution in [0.25, 0.3) is 0 Å². The second kappa shape index (κ2) is 5.58. The molecule has 1 aromatic rings. The number of aryl methyl sites for hydroxylation is 1. The highest BCUT2D eigenvalue weighted by atomic mass is 35.5. The van der Waals surface area contributed by atoms with Crippen LogP contribution >= 0.6 is 11.6 Å². The number of aromatic nitrogens is 2. The summed E-state index contributed by atoms with van der Waals surface area (Å²) in [7, 11) is 2.70. The minimum Gasteiger partial charge on any atom is -0.468 e. The standard InChI is InChI=1S/C9H11ClN4O4/c1-5-7(14(16)17)8(12-9(10)11-5)13(2)4-6(15)18-3/h4H2,1-3H3. The van der Waals surface area contributed by atoms with E-state index in [0.29, 0.717) is 0 Å². The molecule has 0 aliphatic carbocycles. The number of carbonyl (C=O) groups excluding carboxylic acids is 1. The van der Waals surface area contributed by atoms with Crippen LogP contribution in [0.15, 0.2) is 0 Å². The topological polar surface area (TPSA) is 98.5 Å². The van der Waals surface area contributed by atoms with Crippen molar-refractivity contribution in [3.8, 4) is 0 Å². The first-order valence-corrected chi connectivity index (χ1v) is 5.21. The van der Waals surface area contributed by atoms with Gasteiger partial charge in [0.25, 0.3) is 0 Å². The van der Waals surface area contributed by atoms with Crippen molar-refractivity contribution in [1.29, 1.82) is 0 Å². The molecule has 0 saturated carbocycles. The van der Waals surface area contributed by atoms with Gasteiger partial charge in [0, 0.05) is 7.05 Å². The molecule has 0 spiro atoms. The Kier molecular flexibility index (Phi) is 4.38. The lowest BCUT2D eigenvalue weighted by molar-refractivity contribution is -0.385. The maximum atomic E-state index is 11.1. The third-order valence-corrected chi connectivity index (χ3v) is 2.32. The van der Waals surface area contributed by atoms with Crippen molar-refractivity contribution in [2.45, 2.75) is 6.92 Å². The molecule has 0 bridgehead atoms. The van der Waals surface area contributed by atoms with E-state index in [1.807, 2.05) is 0 Å². The number of nitro groups is 1. The molecule has 18 heavy (non-hydrogen) atoms. The molecule has 1 heterocycles. The molecule has 0 atom stereocenters. The molecule has 1 rings (SSSR count). The molecule has 1 aromatic heterocycles. The van der Waals surface area contributed by atoms with Crippen LogP contribution in [0.3, 0.4) is 0 Å². The van der Waals surface area contributed by atoms with E-state index in [1.165, 1.54) is 26.0 Å². The summed E-state index contributed by atoms with van der Waals surface area (Å²) in [6, 6.07) is 0. The molecule has 0 aliphatic rings. The largest absolute Gasteiger partial charge is 0.468 e. The predicted molar refractivity (Wildman–Crippen MR) is 63.7 cm³/mol. The van der Waals surface area contributed by atoms with E-state index in [4.69, 9.17) is 11.6 Å². The zero-order valence-electron chi connectivity index (χ0n) is 10.0. The second-order valence-electron chi connectivity index (χ2n) is 3.44. The number of ether oxygens (including phenoxy) is 1. The zero-order valence-corrected chi connectivity index (χ0v) is 10.8.